The zero-order valence-electron chi connectivity index (χ0n) is 10.4. The topological polar surface area (TPSA) is 66.4 Å². The summed E-state index contributed by atoms with van der Waals surface area (Å²) >= 11 is 1.77. The second-order valence-electron chi connectivity index (χ2n) is 4.62. The van der Waals surface area contributed by atoms with Crippen LogP contribution in [0.25, 0.3) is 0 Å². The Balaban J connectivity index is 2.53. The number of hydrogen-bond donors (Lipinski definition) is 2. The third-order valence-electron chi connectivity index (χ3n) is 3.31. The highest BCUT2D eigenvalue weighted by molar-refractivity contribution is 7.99. The van der Waals surface area contributed by atoms with Crippen molar-refractivity contribution in [2.75, 3.05) is 11.5 Å². The molecule has 98 valence electrons. The van der Waals surface area contributed by atoms with E-state index in [2.05, 4.69) is 5.32 Å². The predicted octanol–water partition coefficient (Wildman–Crippen LogP) is 1.75. The Bertz CT molecular complexity index is 277. The molecule has 1 saturated heterocycles. The lowest BCUT2D eigenvalue weighted by molar-refractivity contribution is -0.143. The van der Waals surface area contributed by atoms with Crippen LogP contribution >= 0.6 is 11.8 Å². The number of carboxylic acids is 1. The molecule has 0 radical (unpaired) electrons. The summed E-state index contributed by atoms with van der Waals surface area (Å²) in [6.07, 6.45) is 2.67. The maximum Gasteiger partial charge on any atom is 0.326 e. The van der Waals surface area contributed by atoms with E-state index in [4.69, 9.17) is 5.11 Å². The molecule has 3 atom stereocenters. The molecular weight excluding hydrogens is 238 g/mol. The summed E-state index contributed by atoms with van der Waals surface area (Å²) in [6, 6.07) is -0.751. The van der Waals surface area contributed by atoms with Crippen LogP contribution in [-0.4, -0.2) is 34.5 Å². The highest BCUT2D eigenvalue weighted by Gasteiger charge is 2.29. The van der Waals surface area contributed by atoms with Crippen molar-refractivity contribution in [3.63, 3.8) is 0 Å². The van der Waals surface area contributed by atoms with E-state index < -0.39 is 12.0 Å². The summed E-state index contributed by atoms with van der Waals surface area (Å²) < 4.78 is 0. The molecule has 0 aromatic heterocycles. The van der Waals surface area contributed by atoms with Gasteiger partial charge in [-0.1, -0.05) is 20.3 Å². The zero-order valence-corrected chi connectivity index (χ0v) is 11.3. The molecule has 5 heteroatoms. The fourth-order valence-corrected chi connectivity index (χ4v) is 3.04. The van der Waals surface area contributed by atoms with Gasteiger partial charge in [0.15, 0.2) is 0 Å². The van der Waals surface area contributed by atoms with E-state index >= 15 is 0 Å². The Labute approximate surface area is 107 Å². The number of carboxylic acid groups (broad SMARTS) is 1. The first-order chi connectivity index (χ1) is 8.06. The lowest BCUT2D eigenvalue weighted by Crippen LogP contribution is -2.48. The van der Waals surface area contributed by atoms with Gasteiger partial charge < -0.3 is 10.4 Å². The van der Waals surface area contributed by atoms with Crippen LogP contribution in [0.1, 0.15) is 33.1 Å². The molecule has 17 heavy (non-hydrogen) atoms. The quantitative estimate of drug-likeness (QED) is 0.789. The van der Waals surface area contributed by atoms with Crippen molar-refractivity contribution in [2.24, 2.45) is 11.8 Å². The van der Waals surface area contributed by atoms with Crippen LogP contribution < -0.4 is 5.32 Å². The average molecular weight is 259 g/mol. The highest BCUT2D eigenvalue weighted by atomic mass is 32.2. The van der Waals surface area contributed by atoms with Crippen molar-refractivity contribution in [2.45, 2.75) is 39.2 Å². The van der Waals surface area contributed by atoms with Crippen LogP contribution in [0.4, 0.5) is 0 Å². The van der Waals surface area contributed by atoms with Gasteiger partial charge in [0.1, 0.15) is 6.04 Å². The van der Waals surface area contributed by atoms with Gasteiger partial charge in [-0.05, 0) is 24.5 Å². The number of thioether (sulfide) groups is 1. The van der Waals surface area contributed by atoms with E-state index in [1.54, 1.807) is 11.8 Å². The van der Waals surface area contributed by atoms with Gasteiger partial charge in [-0.15, -0.1) is 0 Å². The monoisotopic (exact) mass is 259 g/mol. The molecular formula is C12H21NO3S. The van der Waals surface area contributed by atoms with Gasteiger partial charge in [-0.25, -0.2) is 4.79 Å². The minimum atomic E-state index is -0.934. The first-order valence-electron chi connectivity index (χ1n) is 6.17. The number of carbonyl (C=O) groups is 2. The minimum absolute atomic E-state index is 0.0142. The van der Waals surface area contributed by atoms with Crippen molar-refractivity contribution in [3.8, 4) is 0 Å². The van der Waals surface area contributed by atoms with Crippen LogP contribution in [0, 0.1) is 11.8 Å². The largest absolute Gasteiger partial charge is 0.480 e. The molecule has 1 aliphatic heterocycles. The van der Waals surface area contributed by atoms with Gasteiger partial charge in [-0.3, -0.25) is 4.79 Å². The van der Waals surface area contributed by atoms with Gasteiger partial charge in [0, 0.05) is 11.7 Å². The number of hydrogen-bond acceptors (Lipinski definition) is 3. The predicted molar refractivity (Wildman–Crippen MR) is 69.1 cm³/mol. The molecule has 1 fully saturated rings. The van der Waals surface area contributed by atoms with E-state index in [1.165, 1.54) is 0 Å². The zero-order chi connectivity index (χ0) is 12.8. The summed E-state index contributed by atoms with van der Waals surface area (Å²) in [5.41, 5.74) is 0. The molecule has 2 N–H and O–H groups in total. The first-order valence-corrected chi connectivity index (χ1v) is 7.32. The van der Waals surface area contributed by atoms with Crippen molar-refractivity contribution in [1.82, 2.24) is 5.32 Å². The Hall–Kier alpha value is -0.710. The number of rotatable bonds is 5. The molecule has 0 spiro atoms. The Morgan fingerprint density at radius 2 is 2.24 bits per heavy atom. The number of nitrogens with one attached hydrogen (secondary N) is 1. The average Bonchev–Trinajstić information content (AvgIpc) is 2.35. The SMILES string of the molecule is CC[C@H](C)[C@H](NC(=O)C1CCCSC1)C(=O)O. The lowest BCUT2D eigenvalue weighted by Gasteiger charge is -2.25. The maximum atomic E-state index is 11.9. The fourth-order valence-electron chi connectivity index (χ4n) is 1.90. The van der Waals surface area contributed by atoms with E-state index in [0.717, 1.165) is 30.8 Å². The third kappa shape index (κ3) is 4.22. The van der Waals surface area contributed by atoms with Gasteiger partial charge in [0.2, 0.25) is 5.91 Å². The van der Waals surface area contributed by atoms with Crippen LogP contribution in [0.5, 0.6) is 0 Å². The van der Waals surface area contributed by atoms with Crippen LogP contribution in [0.3, 0.4) is 0 Å². The highest BCUT2D eigenvalue weighted by Crippen LogP contribution is 2.23. The summed E-state index contributed by atoms with van der Waals surface area (Å²) in [5.74, 6) is 0.851. The Kier molecular flexibility index (Phi) is 5.82. The van der Waals surface area contributed by atoms with Gasteiger partial charge in [-0.2, -0.15) is 11.8 Å². The van der Waals surface area contributed by atoms with Gasteiger partial charge >= 0.3 is 5.97 Å². The number of carbonyl (C=O) groups excluding carboxylic acids is 1. The number of amides is 1. The fraction of sp³-hybridized carbons (Fsp3) is 0.833. The van der Waals surface area contributed by atoms with E-state index in [0.29, 0.717) is 0 Å². The second-order valence-corrected chi connectivity index (χ2v) is 5.77. The molecule has 4 nitrogen and oxygen atoms in total. The smallest absolute Gasteiger partial charge is 0.326 e. The van der Waals surface area contributed by atoms with E-state index in [9.17, 15) is 9.59 Å². The van der Waals surface area contributed by atoms with Crippen molar-refractivity contribution in [1.29, 1.82) is 0 Å². The normalized spacial score (nSPS) is 23.8. The van der Waals surface area contributed by atoms with E-state index in [-0.39, 0.29) is 17.7 Å². The molecule has 1 unspecified atom stereocenters. The number of aliphatic carboxylic acids is 1. The minimum Gasteiger partial charge on any atom is -0.480 e. The second kappa shape index (κ2) is 6.89. The standard InChI is InChI=1S/C12H21NO3S/c1-3-8(2)10(12(15)16)13-11(14)9-5-4-6-17-7-9/h8-10H,3-7H2,1-2H3,(H,13,14)(H,15,16)/t8-,9?,10-/m0/s1. The first kappa shape index (κ1) is 14.4. The maximum absolute atomic E-state index is 11.9. The molecule has 0 aromatic carbocycles. The molecule has 0 bridgehead atoms. The van der Waals surface area contributed by atoms with Gasteiger partial charge in [0.05, 0.1) is 0 Å². The van der Waals surface area contributed by atoms with Crippen molar-refractivity contribution < 1.29 is 14.7 Å². The van der Waals surface area contributed by atoms with Crippen LogP contribution in [0.2, 0.25) is 0 Å². The Morgan fingerprint density at radius 1 is 1.53 bits per heavy atom. The summed E-state index contributed by atoms with van der Waals surface area (Å²) in [4.78, 5) is 23.0. The van der Waals surface area contributed by atoms with Crippen molar-refractivity contribution in [3.05, 3.63) is 0 Å². The van der Waals surface area contributed by atoms with Crippen molar-refractivity contribution >= 4 is 23.6 Å². The van der Waals surface area contributed by atoms with Gasteiger partial charge in [0.25, 0.3) is 0 Å². The molecule has 1 aliphatic rings. The summed E-state index contributed by atoms with van der Waals surface area (Å²) in [5, 5.41) is 11.8. The lowest BCUT2D eigenvalue weighted by atomic mass is 9.97. The third-order valence-corrected chi connectivity index (χ3v) is 4.52. The van der Waals surface area contributed by atoms with Crippen LogP contribution in [0.15, 0.2) is 0 Å². The Morgan fingerprint density at radius 3 is 2.71 bits per heavy atom. The summed E-state index contributed by atoms with van der Waals surface area (Å²) in [6.45, 7) is 3.79. The molecule has 0 aromatic rings. The van der Waals surface area contributed by atoms with E-state index in [1.807, 2.05) is 13.8 Å². The summed E-state index contributed by atoms with van der Waals surface area (Å²) in [7, 11) is 0. The molecule has 0 saturated carbocycles. The molecule has 1 rings (SSSR count). The van der Waals surface area contributed by atoms with Crippen LogP contribution in [-0.2, 0) is 9.59 Å². The molecule has 1 heterocycles. The molecule has 1 amide bonds. The molecule has 0 aliphatic carbocycles.